The summed E-state index contributed by atoms with van der Waals surface area (Å²) in [4.78, 5) is 12.2. The van der Waals surface area contributed by atoms with E-state index in [-0.39, 0.29) is 9.77 Å². The van der Waals surface area contributed by atoms with Gasteiger partial charge in [-0.05, 0) is 61.7 Å². The molecule has 0 aliphatic carbocycles. The number of benzene rings is 2. The van der Waals surface area contributed by atoms with Gasteiger partial charge in [0.15, 0.2) is 0 Å². The van der Waals surface area contributed by atoms with Crippen LogP contribution < -0.4 is 9.60 Å². The molecule has 0 bridgehead atoms. The second-order valence-corrected chi connectivity index (χ2v) is 8.90. The highest BCUT2D eigenvalue weighted by atomic mass is 32.2. The van der Waals surface area contributed by atoms with E-state index in [1.807, 2.05) is 19.9 Å². The van der Waals surface area contributed by atoms with Gasteiger partial charge in [0.2, 0.25) is 0 Å². The Morgan fingerprint density at radius 3 is 2.50 bits per heavy atom. The Morgan fingerprint density at radius 1 is 1.12 bits per heavy atom. The van der Waals surface area contributed by atoms with Crippen LogP contribution in [0.2, 0.25) is 0 Å². The summed E-state index contributed by atoms with van der Waals surface area (Å²) in [6.07, 6.45) is 1.66. The Labute approximate surface area is 156 Å². The molecule has 0 fully saturated rings. The molecule has 0 aliphatic rings. The Kier molecular flexibility index (Phi) is 4.77. The van der Waals surface area contributed by atoms with E-state index in [4.69, 9.17) is 0 Å². The Morgan fingerprint density at radius 2 is 1.81 bits per heavy atom. The summed E-state index contributed by atoms with van der Waals surface area (Å²) >= 11 is 1.09. The van der Waals surface area contributed by atoms with E-state index in [1.54, 1.807) is 41.8 Å². The second kappa shape index (κ2) is 6.74. The van der Waals surface area contributed by atoms with Crippen LogP contribution in [0.4, 0.5) is 5.69 Å². The van der Waals surface area contributed by atoms with Crippen LogP contribution in [0.1, 0.15) is 16.7 Å². The van der Waals surface area contributed by atoms with E-state index < -0.39 is 10.0 Å². The highest BCUT2D eigenvalue weighted by Gasteiger charge is 2.18. The summed E-state index contributed by atoms with van der Waals surface area (Å²) in [5.74, 6) is 0. The average molecular weight is 389 g/mol. The standard InChI is InChI=1S/C19H20N2O3S2/c1-5-8-21-16-7-6-15(11-17(16)25-19(21)22)20-26(23,24)18-10-13(3)12(2)9-14(18)4/h5-7,9-11,20H,1,8H2,2-4H3. The van der Waals surface area contributed by atoms with Crippen molar-refractivity contribution in [1.29, 1.82) is 0 Å². The van der Waals surface area contributed by atoms with Crippen molar-refractivity contribution in [2.45, 2.75) is 32.2 Å². The number of aryl methyl sites for hydroxylation is 3. The van der Waals surface area contributed by atoms with Gasteiger partial charge in [0.1, 0.15) is 0 Å². The van der Waals surface area contributed by atoms with Crippen LogP contribution in [0.3, 0.4) is 0 Å². The first kappa shape index (κ1) is 18.4. The van der Waals surface area contributed by atoms with Crippen LogP contribution >= 0.6 is 11.3 Å². The molecule has 3 rings (SSSR count). The fourth-order valence-corrected chi connectivity index (χ4v) is 5.17. The van der Waals surface area contributed by atoms with Crippen molar-refractivity contribution in [1.82, 2.24) is 4.57 Å². The maximum Gasteiger partial charge on any atom is 0.308 e. The van der Waals surface area contributed by atoms with E-state index in [9.17, 15) is 13.2 Å². The maximum atomic E-state index is 12.8. The van der Waals surface area contributed by atoms with Gasteiger partial charge in [-0.1, -0.05) is 23.5 Å². The molecule has 0 spiro atoms. The van der Waals surface area contributed by atoms with Gasteiger partial charge >= 0.3 is 4.87 Å². The van der Waals surface area contributed by atoms with Gasteiger partial charge in [0, 0.05) is 6.54 Å². The Balaban J connectivity index is 2.01. The smallest absolute Gasteiger partial charge is 0.295 e. The van der Waals surface area contributed by atoms with Crippen LogP contribution in [0.25, 0.3) is 10.2 Å². The van der Waals surface area contributed by atoms with Crippen LogP contribution in [0, 0.1) is 20.8 Å². The summed E-state index contributed by atoms with van der Waals surface area (Å²) < 4.78 is 30.6. The van der Waals surface area contributed by atoms with E-state index in [1.165, 1.54) is 0 Å². The van der Waals surface area contributed by atoms with E-state index in [2.05, 4.69) is 11.3 Å². The lowest BCUT2D eigenvalue weighted by molar-refractivity contribution is 0.600. The Hall–Kier alpha value is -2.38. The molecular weight excluding hydrogens is 368 g/mol. The molecule has 2 aromatic carbocycles. The molecule has 0 saturated heterocycles. The number of nitrogens with one attached hydrogen (secondary N) is 1. The third-order valence-corrected chi connectivity index (χ3v) is 6.78. The molecule has 0 atom stereocenters. The van der Waals surface area contributed by atoms with E-state index in [0.29, 0.717) is 17.8 Å². The highest BCUT2D eigenvalue weighted by molar-refractivity contribution is 7.92. The van der Waals surface area contributed by atoms with Crippen LogP contribution in [-0.2, 0) is 16.6 Å². The summed E-state index contributed by atoms with van der Waals surface area (Å²) in [6, 6.07) is 8.66. The molecule has 0 radical (unpaired) electrons. The summed E-state index contributed by atoms with van der Waals surface area (Å²) in [5, 5.41) is 0. The minimum Gasteiger partial charge on any atom is -0.295 e. The van der Waals surface area contributed by atoms with Crippen molar-refractivity contribution in [3.63, 3.8) is 0 Å². The SMILES string of the molecule is C=CCn1c(=O)sc2cc(NS(=O)(=O)c3cc(C)c(C)cc3C)ccc21. The third kappa shape index (κ3) is 3.32. The minimum absolute atomic E-state index is 0.0927. The van der Waals surface area contributed by atoms with Crippen LogP contribution in [-0.4, -0.2) is 13.0 Å². The molecule has 0 unspecified atom stereocenters. The van der Waals surface area contributed by atoms with Gasteiger partial charge in [0.25, 0.3) is 10.0 Å². The van der Waals surface area contributed by atoms with E-state index >= 15 is 0 Å². The lowest BCUT2D eigenvalue weighted by atomic mass is 10.1. The third-order valence-electron chi connectivity index (χ3n) is 4.31. The first-order valence-corrected chi connectivity index (χ1v) is 10.4. The molecule has 1 heterocycles. The highest BCUT2D eigenvalue weighted by Crippen LogP contribution is 2.26. The number of allylic oxidation sites excluding steroid dienone is 1. The van der Waals surface area contributed by atoms with Crippen LogP contribution in [0.15, 0.2) is 52.7 Å². The molecular formula is C19H20N2O3S2. The average Bonchev–Trinajstić information content (AvgIpc) is 2.86. The van der Waals surface area contributed by atoms with E-state index in [0.717, 1.165) is 32.7 Å². The number of hydrogen-bond donors (Lipinski definition) is 1. The zero-order chi connectivity index (χ0) is 19.1. The lowest BCUT2D eigenvalue weighted by Crippen LogP contribution is -2.15. The molecule has 136 valence electrons. The Bertz CT molecular complexity index is 1170. The normalized spacial score (nSPS) is 11.7. The molecule has 3 aromatic rings. The minimum atomic E-state index is -3.71. The van der Waals surface area contributed by atoms with Gasteiger partial charge < -0.3 is 0 Å². The van der Waals surface area contributed by atoms with Crippen molar-refractivity contribution >= 4 is 37.3 Å². The number of sulfonamides is 1. The van der Waals surface area contributed by atoms with Crippen molar-refractivity contribution in [2.75, 3.05) is 4.72 Å². The molecule has 1 N–H and O–H groups in total. The number of thiazole rings is 1. The van der Waals surface area contributed by atoms with Crippen molar-refractivity contribution < 1.29 is 8.42 Å². The predicted molar refractivity (Wildman–Crippen MR) is 108 cm³/mol. The summed E-state index contributed by atoms with van der Waals surface area (Å²) in [7, 11) is -3.71. The number of aromatic nitrogens is 1. The fraction of sp³-hybridized carbons (Fsp3) is 0.211. The largest absolute Gasteiger partial charge is 0.308 e. The molecule has 0 aliphatic heterocycles. The number of nitrogens with zero attached hydrogens (tertiary/aromatic N) is 1. The molecule has 0 amide bonds. The number of fused-ring (bicyclic) bond motifs is 1. The second-order valence-electron chi connectivity index (χ2n) is 6.26. The fourth-order valence-electron chi connectivity index (χ4n) is 2.87. The zero-order valence-corrected chi connectivity index (χ0v) is 16.5. The zero-order valence-electron chi connectivity index (χ0n) is 14.9. The van der Waals surface area contributed by atoms with Crippen molar-refractivity contribution in [3.8, 4) is 0 Å². The first-order chi connectivity index (χ1) is 12.2. The van der Waals surface area contributed by atoms with Gasteiger partial charge in [-0.25, -0.2) is 8.42 Å². The van der Waals surface area contributed by atoms with Gasteiger partial charge in [-0.15, -0.1) is 6.58 Å². The summed E-state index contributed by atoms with van der Waals surface area (Å²) in [6.45, 7) is 9.71. The quantitative estimate of drug-likeness (QED) is 0.672. The molecule has 7 heteroatoms. The monoisotopic (exact) mass is 388 g/mol. The summed E-state index contributed by atoms with van der Waals surface area (Å²) in [5.41, 5.74) is 3.87. The predicted octanol–water partition coefficient (Wildman–Crippen LogP) is 3.98. The first-order valence-electron chi connectivity index (χ1n) is 8.08. The maximum absolute atomic E-state index is 12.8. The molecule has 0 saturated carbocycles. The number of anilines is 1. The molecule has 26 heavy (non-hydrogen) atoms. The number of rotatable bonds is 5. The van der Waals surface area contributed by atoms with Crippen molar-refractivity contribution in [2.24, 2.45) is 0 Å². The molecule has 1 aromatic heterocycles. The van der Waals surface area contributed by atoms with Gasteiger partial charge in [-0.2, -0.15) is 0 Å². The number of hydrogen-bond acceptors (Lipinski definition) is 4. The lowest BCUT2D eigenvalue weighted by Gasteiger charge is -2.13. The van der Waals surface area contributed by atoms with Crippen molar-refractivity contribution in [3.05, 3.63) is 69.3 Å². The van der Waals surface area contributed by atoms with Gasteiger partial charge in [0.05, 0.1) is 20.8 Å². The molecule has 5 nitrogen and oxygen atoms in total. The topological polar surface area (TPSA) is 68.2 Å². The van der Waals surface area contributed by atoms with Crippen LogP contribution in [0.5, 0.6) is 0 Å². The van der Waals surface area contributed by atoms with Gasteiger partial charge in [-0.3, -0.25) is 14.1 Å².